The first-order chi connectivity index (χ1) is 15.4. The van der Waals surface area contributed by atoms with Crippen LogP contribution in [0.3, 0.4) is 0 Å². The van der Waals surface area contributed by atoms with E-state index in [0.717, 1.165) is 30.0 Å². The van der Waals surface area contributed by atoms with Crippen molar-refractivity contribution in [1.82, 2.24) is 5.32 Å². The van der Waals surface area contributed by atoms with Crippen molar-refractivity contribution in [3.05, 3.63) is 70.1 Å². The number of hydrogen-bond acceptors (Lipinski definition) is 8. The van der Waals surface area contributed by atoms with Gasteiger partial charge < -0.3 is 14.2 Å². The van der Waals surface area contributed by atoms with Gasteiger partial charge in [-0.05, 0) is 47.7 Å². The summed E-state index contributed by atoms with van der Waals surface area (Å²) in [5.41, 5.74) is 1.23. The first-order valence-electron chi connectivity index (χ1n) is 9.04. The van der Waals surface area contributed by atoms with Gasteiger partial charge in [0.05, 0.1) is 25.3 Å². The molecule has 32 heavy (non-hydrogen) atoms. The van der Waals surface area contributed by atoms with Crippen LogP contribution in [0.15, 0.2) is 57.6 Å². The monoisotopic (exact) mass is 461 g/mol. The predicted octanol–water partition coefficient (Wildman–Crippen LogP) is 3.16. The average molecular weight is 461 g/mol. The molecule has 1 amide bonds. The third-order valence-corrected chi connectivity index (χ3v) is 4.94. The molecule has 0 saturated carbocycles. The third kappa shape index (κ3) is 5.91. The molecule has 1 aliphatic heterocycles. The average Bonchev–Trinajstić information content (AvgIpc) is 3.12. The molecule has 0 aromatic heterocycles. The summed E-state index contributed by atoms with van der Waals surface area (Å²) in [5, 5.41) is 10.5. The van der Waals surface area contributed by atoms with Crippen LogP contribution in [0, 0.1) is 11.6 Å². The van der Waals surface area contributed by atoms with Crippen molar-refractivity contribution in [3.8, 4) is 11.5 Å². The van der Waals surface area contributed by atoms with Crippen LogP contribution in [0.1, 0.15) is 11.1 Å². The van der Waals surface area contributed by atoms with Gasteiger partial charge >= 0.3 is 5.97 Å². The standard InChI is InChI=1S/C21H17F2N3O5S/c1-29-16-5-3-12(7-13(16)11-31-17-6-4-14(22)8-15(17)23)10-24-26-21-25-20(28)18(32-21)9-19(27)30-2/h3-10H,11H2,1-2H3,(H,25,26,28)/b18-9+,24-10?. The molecule has 1 saturated heterocycles. The van der Waals surface area contributed by atoms with E-state index in [2.05, 4.69) is 20.3 Å². The Morgan fingerprint density at radius 3 is 2.66 bits per heavy atom. The minimum Gasteiger partial charge on any atom is -0.496 e. The lowest BCUT2D eigenvalue weighted by atomic mass is 10.1. The maximum Gasteiger partial charge on any atom is 0.331 e. The molecule has 0 bridgehead atoms. The topological polar surface area (TPSA) is 98.6 Å². The minimum absolute atomic E-state index is 0.0322. The molecule has 1 fully saturated rings. The van der Waals surface area contributed by atoms with Crippen molar-refractivity contribution in [1.29, 1.82) is 0 Å². The maximum atomic E-state index is 13.8. The van der Waals surface area contributed by atoms with Crippen LogP contribution < -0.4 is 14.8 Å². The van der Waals surface area contributed by atoms with E-state index in [1.807, 2.05) is 0 Å². The smallest absolute Gasteiger partial charge is 0.331 e. The van der Waals surface area contributed by atoms with Crippen LogP contribution in [0.5, 0.6) is 11.5 Å². The van der Waals surface area contributed by atoms with Gasteiger partial charge in [0.2, 0.25) is 0 Å². The van der Waals surface area contributed by atoms with E-state index in [-0.39, 0.29) is 22.4 Å². The molecule has 2 aromatic rings. The molecule has 8 nitrogen and oxygen atoms in total. The summed E-state index contributed by atoms with van der Waals surface area (Å²) < 4.78 is 42.0. The number of thioether (sulfide) groups is 1. The van der Waals surface area contributed by atoms with E-state index in [9.17, 15) is 18.4 Å². The van der Waals surface area contributed by atoms with Gasteiger partial charge in [-0.3, -0.25) is 10.1 Å². The Bertz CT molecular complexity index is 1130. The van der Waals surface area contributed by atoms with E-state index in [1.54, 1.807) is 18.2 Å². The second-order valence-corrected chi connectivity index (χ2v) is 7.20. The van der Waals surface area contributed by atoms with Gasteiger partial charge in [-0.15, -0.1) is 5.10 Å². The van der Waals surface area contributed by atoms with Crippen molar-refractivity contribution in [3.63, 3.8) is 0 Å². The summed E-state index contributed by atoms with van der Waals surface area (Å²) >= 11 is 0.949. The normalized spacial score (nSPS) is 15.9. The molecule has 2 aromatic carbocycles. The second kappa shape index (κ2) is 10.5. The highest BCUT2D eigenvalue weighted by molar-refractivity contribution is 8.18. The van der Waals surface area contributed by atoms with Gasteiger partial charge in [-0.1, -0.05) is 0 Å². The highest BCUT2D eigenvalue weighted by Gasteiger charge is 2.25. The Kier molecular flexibility index (Phi) is 7.55. The molecule has 166 valence electrons. The summed E-state index contributed by atoms with van der Waals surface area (Å²) in [7, 11) is 2.69. The van der Waals surface area contributed by atoms with E-state index < -0.39 is 23.5 Å². The largest absolute Gasteiger partial charge is 0.496 e. The van der Waals surface area contributed by atoms with Gasteiger partial charge in [0.1, 0.15) is 18.2 Å². The number of halogens is 2. The van der Waals surface area contributed by atoms with Gasteiger partial charge in [0.25, 0.3) is 5.91 Å². The van der Waals surface area contributed by atoms with E-state index >= 15 is 0 Å². The fraction of sp³-hybridized carbons (Fsp3) is 0.143. The van der Waals surface area contributed by atoms with Crippen molar-refractivity contribution >= 4 is 35.0 Å². The van der Waals surface area contributed by atoms with Crippen molar-refractivity contribution < 1.29 is 32.6 Å². The van der Waals surface area contributed by atoms with Gasteiger partial charge in [-0.25, -0.2) is 13.6 Å². The fourth-order valence-corrected chi connectivity index (χ4v) is 3.27. The molecule has 1 heterocycles. The minimum atomic E-state index is -0.811. The summed E-state index contributed by atoms with van der Waals surface area (Å²) in [4.78, 5) is 23.2. The van der Waals surface area contributed by atoms with E-state index in [4.69, 9.17) is 9.47 Å². The number of carbonyl (C=O) groups is 2. The molecule has 0 unspecified atom stereocenters. The molecule has 1 aliphatic rings. The first kappa shape index (κ1) is 22.9. The van der Waals surface area contributed by atoms with Crippen molar-refractivity contribution in [2.75, 3.05) is 14.2 Å². The Morgan fingerprint density at radius 2 is 1.94 bits per heavy atom. The van der Waals surface area contributed by atoms with Crippen LogP contribution in [0.25, 0.3) is 0 Å². The number of amidine groups is 1. The SMILES string of the molecule is COC(=O)/C=C1/S/C(=N\N=Cc2ccc(OC)c(COc3ccc(F)cc3F)c2)NC1=O. The molecule has 3 rings (SSSR count). The number of methoxy groups -OCH3 is 2. The number of benzene rings is 2. The molecule has 0 aliphatic carbocycles. The number of esters is 1. The number of carbonyl (C=O) groups excluding carboxylic acids is 2. The summed E-state index contributed by atoms with van der Waals surface area (Å²) in [6.45, 7) is -0.0322. The molecule has 0 spiro atoms. The zero-order chi connectivity index (χ0) is 23.1. The molecule has 1 N–H and O–H groups in total. The Balaban J connectivity index is 1.70. The lowest BCUT2D eigenvalue weighted by molar-refractivity contribution is -0.135. The van der Waals surface area contributed by atoms with Gasteiger partial charge in [0.15, 0.2) is 16.7 Å². The fourth-order valence-electron chi connectivity index (χ4n) is 2.53. The quantitative estimate of drug-likeness (QED) is 0.294. The predicted molar refractivity (Wildman–Crippen MR) is 115 cm³/mol. The number of hydrogen-bond donors (Lipinski definition) is 1. The molecule has 0 radical (unpaired) electrons. The number of nitrogens with zero attached hydrogens (tertiary/aromatic N) is 2. The van der Waals surface area contributed by atoms with Gasteiger partial charge in [-0.2, -0.15) is 5.10 Å². The van der Waals surface area contributed by atoms with Crippen molar-refractivity contribution in [2.24, 2.45) is 10.2 Å². The number of rotatable bonds is 7. The Hall–Kier alpha value is -3.73. The zero-order valence-corrected chi connectivity index (χ0v) is 17.7. The lowest BCUT2D eigenvalue weighted by Gasteiger charge is -2.11. The molecular formula is C21H17F2N3O5S. The highest BCUT2D eigenvalue weighted by Crippen LogP contribution is 2.25. The zero-order valence-electron chi connectivity index (χ0n) is 16.9. The van der Waals surface area contributed by atoms with E-state index in [0.29, 0.717) is 16.9 Å². The lowest BCUT2D eigenvalue weighted by Crippen LogP contribution is -2.19. The number of amides is 1. The number of nitrogens with one attached hydrogen (secondary N) is 1. The Labute approximate surface area is 186 Å². The molecular weight excluding hydrogens is 444 g/mol. The van der Waals surface area contributed by atoms with Gasteiger partial charge in [0, 0.05) is 17.7 Å². The second-order valence-electron chi connectivity index (χ2n) is 6.17. The summed E-state index contributed by atoms with van der Waals surface area (Å²) in [6.07, 6.45) is 2.50. The van der Waals surface area contributed by atoms with Crippen LogP contribution >= 0.6 is 11.8 Å². The third-order valence-electron chi connectivity index (χ3n) is 4.04. The van der Waals surface area contributed by atoms with Crippen LogP contribution in [0.2, 0.25) is 0 Å². The maximum absolute atomic E-state index is 13.8. The van der Waals surface area contributed by atoms with Crippen LogP contribution in [0.4, 0.5) is 8.78 Å². The Morgan fingerprint density at radius 1 is 1.16 bits per heavy atom. The van der Waals surface area contributed by atoms with Crippen molar-refractivity contribution in [2.45, 2.75) is 6.61 Å². The highest BCUT2D eigenvalue weighted by atomic mass is 32.2. The van der Waals surface area contributed by atoms with E-state index in [1.165, 1.54) is 26.5 Å². The molecule has 11 heteroatoms. The molecule has 0 atom stereocenters. The summed E-state index contributed by atoms with van der Waals surface area (Å²) in [5.74, 6) is -2.23. The number of ether oxygens (including phenoxy) is 3. The summed E-state index contributed by atoms with van der Waals surface area (Å²) in [6, 6.07) is 8.14. The van der Waals surface area contributed by atoms with Crippen LogP contribution in [-0.2, 0) is 20.9 Å². The van der Waals surface area contributed by atoms with Crippen LogP contribution in [-0.4, -0.2) is 37.5 Å². The first-order valence-corrected chi connectivity index (χ1v) is 9.86.